The van der Waals surface area contributed by atoms with Gasteiger partial charge in [-0.3, -0.25) is 0 Å². The molecule has 0 N–H and O–H groups in total. The second kappa shape index (κ2) is 6.59. The van der Waals surface area contributed by atoms with Gasteiger partial charge in [-0.2, -0.15) is 0 Å². The van der Waals surface area contributed by atoms with Crippen LogP contribution in [0, 0.1) is 5.92 Å². The van der Waals surface area contributed by atoms with Crippen LogP contribution < -0.4 is 4.90 Å². The van der Waals surface area contributed by atoms with E-state index in [4.69, 9.17) is 4.74 Å². The van der Waals surface area contributed by atoms with E-state index in [0.717, 1.165) is 38.9 Å². The summed E-state index contributed by atoms with van der Waals surface area (Å²) in [5, 5.41) is 0. The van der Waals surface area contributed by atoms with Crippen molar-refractivity contribution in [1.82, 2.24) is 4.90 Å². The summed E-state index contributed by atoms with van der Waals surface area (Å²) in [6, 6.07) is 9.25. The highest BCUT2D eigenvalue weighted by atomic mass is 16.6. The zero-order valence-corrected chi connectivity index (χ0v) is 13.6. The fourth-order valence-corrected chi connectivity index (χ4v) is 3.43. The Morgan fingerprint density at radius 3 is 2.68 bits per heavy atom. The second-order valence-corrected chi connectivity index (χ2v) is 6.76. The highest BCUT2D eigenvalue weighted by Crippen LogP contribution is 2.32. The summed E-state index contributed by atoms with van der Waals surface area (Å²) in [5.74, 6) is 0.391. The minimum Gasteiger partial charge on any atom is -0.449 e. The molecule has 0 radical (unpaired) electrons. The van der Waals surface area contributed by atoms with Crippen LogP contribution >= 0.6 is 0 Å². The topological polar surface area (TPSA) is 32.8 Å². The SMILES string of the molecule is CC(C)COC(=O)N1CCC(N2CCc3ccccc32)CC1. The number of hydrogen-bond donors (Lipinski definition) is 0. The number of likely N-dealkylation sites (tertiary alicyclic amines) is 1. The average Bonchev–Trinajstić information content (AvgIpc) is 2.97. The van der Waals surface area contributed by atoms with Crippen LogP contribution in [-0.2, 0) is 11.2 Å². The van der Waals surface area contributed by atoms with Gasteiger partial charge in [0.05, 0.1) is 6.61 Å². The minimum absolute atomic E-state index is 0.144. The van der Waals surface area contributed by atoms with Crippen LogP contribution in [0.25, 0.3) is 0 Å². The molecule has 22 heavy (non-hydrogen) atoms. The number of fused-ring (bicyclic) bond motifs is 1. The van der Waals surface area contributed by atoms with Crippen LogP contribution in [0.3, 0.4) is 0 Å². The summed E-state index contributed by atoms with van der Waals surface area (Å²) < 4.78 is 5.33. The van der Waals surface area contributed by atoms with Gasteiger partial charge in [-0.1, -0.05) is 32.0 Å². The third-order valence-corrected chi connectivity index (χ3v) is 4.63. The molecule has 4 nitrogen and oxygen atoms in total. The van der Waals surface area contributed by atoms with E-state index in [1.807, 2.05) is 4.90 Å². The predicted molar refractivity (Wildman–Crippen MR) is 88.3 cm³/mol. The normalized spacial score (nSPS) is 18.7. The van der Waals surface area contributed by atoms with Crippen molar-refractivity contribution in [2.24, 2.45) is 5.92 Å². The molecular weight excluding hydrogens is 276 g/mol. The Balaban J connectivity index is 1.53. The Labute approximate surface area is 133 Å². The van der Waals surface area contributed by atoms with Crippen molar-refractivity contribution < 1.29 is 9.53 Å². The summed E-state index contributed by atoms with van der Waals surface area (Å²) >= 11 is 0. The smallest absolute Gasteiger partial charge is 0.409 e. The van der Waals surface area contributed by atoms with Gasteiger partial charge < -0.3 is 14.5 Å². The summed E-state index contributed by atoms with van der Waals surface area (Å²) in [6.45, 7) is 7.36. The maximum atomic E-state index is 12.0. The van der Waals surface area contributed by atoms with Crippen LogP contribution in [-0.4, -0.2) is 43.3 Å². The summed E-state index contributed by atoms with van der Waals surface area (Å²) in [6.07, 6.45) is 3.07. The molecule has 1 fully saturated rings. The standard InChI is InChI=1S/C18H26N2O2/c1-14(2)13-22-18(21)19-10-8-16(9-11-19)20-12-7-15-5-3-4-6-17(15)20/h3-6,14,16H,7-13H2,1-2H3. The number of ether oxygens (including phenoxy) is 1. The van der Waals surface area contributed by atoms with Gasteiger partial charge in [-0.25, -0.2) is 4.79 Å². The van der Waals surface area contributed by atoms with Crippen molar-refractivity contribution in [3.63, 3.8) is 0 Å². The van der Waals surface area contributed by atoms with Crippen LogP contribution in [0.2, 0.25) is 0 Å². The van der Waals surface area contributed by atoms with Crippen molar-refractivity contribution >= 4 is 11.8 Å². The molecule has 0 saturated carbocycles. The Hall–Kier alpha value is -1.71. The number of nitrogens with zero attached hydrogens (tertiary/aromatic N) is 2. The zero-order chi connectivity index (χ0) is 15.5. The molecule has 0 atom stereocenters. The van der Waals surface area contributed by atoms with Crippen molar-refractivity contribution in [3.8, 4) is 0 Å². The molecule has 1 aromatic rings. The van der Waals surface area contributed by atoms with E-state index < -0.39 is 0 Å². The van der Waals surface area contributed by atoms with Gasteiger partial charge in [0.1, 0.15) is 0 Å². The first-order valence-electron chi connectivity index (χ1n) is 8.41. The highest BCUT2D eigenvalue weighted by Gasteiger charge is 2.30. The third kappa shape index (κ3) is 3.21. The molecule has 1 aromatic carbocycles. The van der Waals surface area contributed by atoms with E-state index in [2.05, 4.69) is 43.0 Å². The first-order chi connectivity index (χ1) is 10.6. The lowest BCUT2D eigenvalue weighted by atomic mass is 10.0. The Bertz CT molecular complexity index is 522. The molecule has 3 rings (SSSR count). The van der Waals surface area contributed by atoms with Crippen molar-refractivity contribution in [1.29, 1.82) is 0 Å². The second-order valence-electron chi connectivity index (χ2n) is 6.76. The van der Waals surface area contributed by atoms with Crippen molar-refractivity contribution in [3.05, 3.63) is 29.8 Å². The zero-order valence-electron chi connectivity index (χ0n) is 13.6. The van der Waals surface area contributed by atoms with Gasteiger partial charge in [-0.05, 0) is 36.8 Å². The Kier molecular flexibility index (Phi) is 4.55. The molecule has 0 aromatic heterocycles. The van der Waals surface area contributed by atoms with E-state index >= 15 is 0 Å². The van der Waals surface area contributed by atoms with Gasteiger partial charge in [0.2, 0.25) is 0 Å². The minimum atomic E-state index is -0.144. The number of carbonyl (C=O) groups excluding carboxylic acids is 1. The van der Waals surface area contributed by atoms with Crippen molar-refractivity contribution in [2.75, 3.05) is 31.1 Å². The monoisotopic (exact) mass is 302 g/mol. The molecule has 0 unspecified atom stereocenters. The lowest BCUT2D eigenvalue weighted by molar-refractivity contribution is 0.0833. The number of benzene rings is 1. The molecule has 2 aliphatic rings. The maximum absolute atomic E-state index is 12.0. The lowest BCUT2D eigenvalue weighted by Gasteiger charge is -2.37. The quantitative estimate of drug-likeness (QED) is 0.859. The Morgan fingerprint density at radius 1 is 1.23 bits per heavy atom. The van der Waals surface area contributed by atoms with Gasteiger partial charge in [0.25, 0.3) is 0 Å². The first-order valence-corrected chi connectivity index (χ1v) is 8.41. The van der Waals surface area contributed by atoms with Crippen LogP contribution in [0.15, 0.2) is 24.3 Å². The fourth-order valence-electron chi connectivity index (χ4n) is 3.43. The molecule has 1 saturated heterocycles. The Morgan fingerprint density at radius 2 is 1.95 bits per heavy atom. The van der Waals surface area contributed by atoms with Crippen LogP contribution in [0.4, 0.5) is 10.5 Å². The van der Waals surface area contributed by atoms with E-state index in [0.29, 0.717) is 18.6 Å². The van der Waals surface area contributed by atoms with E-state index in [1.54, 1.807) is 0 Å². The lowest BCUT2D eigenvalue weighted by Crippen LogP contribution is -2.46. The molecular formula is C18H26N2O2. The summed E-state index contributed by atoms with van der Waals surface area (Å²) in [5.41, 5.74) is 2.85. The molecule has 4 heteroatoms. The molecule has 0 spiro atoms. The van der Waals surface area contributed by atoms with Gasteiger partial charge >= 0.3 is 6.09 Å². The molecule has 2 heterocycles. The molecule has 120 valence electrons. The number of carbonyl (C=O) groups is 1. The first kappa shape index (κ1) is 15.2. The van der Waals surface area contributed by atoms with Gasteiger partial charge in [-0.15, -0.1) is 0 Å². The molecule has 1 amide bonds. The molecule has 2 aliphatic heterocycles. The largest absolute Gasteiger partial charge is 0.449 e. The number of amides is 1. The van der Waals surface area contributed by atoms with Crippen LogP contribution in [0.5, 0.6) is 0 Å². The third-order valence-electron chi connectivity index (χ3n) is 4.63. The molecule has 0 aliphatic carbocycles. The predicted octanol–water partition coefficient (Wildman–Crippen LogP) is 3.31. The van der Waals surface area contributed by atoms with Gasteiger partial charge in [0, 0.05) is 31.4 Å². The van der Waals surface area contributed by atoms with E-state index in [1.165, 1.54) is 11.3 Å². The number of piperidine rings is 1. The average molecular weight is 302 g/mol. The molecule has 0 bridgehead atoms. The maximum Gasteiger partial charge on any atom is 0.409 e. The summed E-state index contributed by atoms with van der Waals surface area (Å²) in [7, 11) is 0. The number of hydrogen-bond acceptors (Lipinski definition) is 3. The van der Waals surface area contributed by atoms with E-state index in [9.17, 15) is 4.79 Å². The van der Waals surface area contributed by atoms with E-state index in [-0.39, 0.29) is 6.09 Å². The number of para-hydroxylation sites is 1. The van der Waals surface area contributed by atoms with Crippen LogP contribution in [0.1, 0.15) is 32.3 Å². The highest BCUT2D eigenvalue weighted by molar-refractivity contribution is 5.68. The number of rotatable bonds is 3. The number of anilines is 1. The fraction of sp³-hybridized carbons (Fsp3) is 0.611. The van der Waals surface area contributed by atoms with Gasteiger partial charge in [0.15, 0.2) is 0 Å². The summed E-state index contributed by atoms with van der Waals surface area (Å²) in [4.78, 5) is 16.4. The van der Waals surface area contributed by atoms with Crippen molar-refractivity contribution in [2.45, 2.75) is 39.2 Å².